The Balaban J connectivity index is 2.07. The van der Waals surface area contributed by atoms with Crippen LogP contribution in [0.5, 0.6) is 0 Å². The number of nitrogens with zero attached hydrogens (tertiary/aromatic N) is 4. The number of hydrogen-bond acceptors (Lipinski definition) is 5. The third-order valence-corrected chi connectivity index (χ3v) is 3.04. The first kappa shape index (κ1) is 13.7. The smallest absolute Gasteiger partial charge is 0.233 e. The topological polar surface area (TPSA) is 102 Å². The Morgan fingerprint density at radius 1 is 1.05 bits per heavy atom. The van der Waals surface area contributed by atoms with E-state index in [0.29, 0.717) is 30.5 Å². The van der Waals surface area contributed by atoms with Gasteiger partial charge in [-0.15, -0.1) is 0 Å². The molecule has 0 spiro atoms. The van der Waals surface area contributed by atoms with E-state index in [2.05, 4.69) is 25.6 Å². The molecule has 0 saturated carbocycles. The van der Waals surface area contributed by atoms with Crippen LogP contribution in [0, 0.1) is 0 Å². The number of carbonyl (C=O) groups is 2. The number of anilines is 2. The number of amides is 2. The molecular formula is C14H12N6O2. The molecule has 8 nitrogen and oxygen atoms in total. The first-order valence-electron chi connectivity index (χ1n) is 6.49. The number of nitrogens with one attached hydrogen (secondary N) is 2. The van der Waals surface area contributed by atoms with Crippen molar-refractivity contribution in [2.75, 3.05) is 10.6 Å². The molecule has 8 heteroatoms. The molecule has 3 rings (SSSR count). The first-order valence-corrected chi connectivity index (χ1v) is 6.49. The Morgan fingerprint density at radius 3 is 2.55 bits per heavy atom. The minimum absolute atomic E-state index is 0.0988. The minimum Gasteiger partial charge on any atom is -0.311 e. The van der Waals surface area contributed by atoms with Gasteiger partial charge in [-0.05, 0) is 5.56 Å². The molecule has 2 amide bonds. The zero-order chi connectivity index (χ0) is 15.4. The number of imidazole rings is 1. The van der Waals surface area contributed by atoms with Crippen LogP contribution in [-0.4, -0.2) is 32.3 Å². The van der Waals surface area contributed by atoms with Crippen molar-refractivity contribution in [3.05, 3.63) is 42.2 Å². The van der Waals surface area contributed by atoms with Crippen molar-refractivity contribution in [3.63, 3.8) is 0 Å². The van der Waals surface area contributed by atoms with Gasteiger partial charge in [-0.25, -0.2) is 4.98 Å². The van der Waals surface area contributed by atoms with Gasteiger partial charge in [0.05, 0.1) is 12.9 Å². The van der Waals surface area contributed by atoms with Gasteiger partial charge in [0, 0.05) is 0 Å². The largest absolute Gasteiger partial charge is 0.311 e. The molecule has 110 valence electrons. The highest BCUT2D eigenvalue weighted by atomic mass is 16.1. The molecule has 0 radical (unpaired) electrons. The van der Waals surface area contributed by atoms with E-state index >= 15 is 0 Å². The SMILES string of the molecule is O=CNc1nc(NC=O)c2ncn(Cc3ccccc3)c2n1. The Kier molecular flexibility index (Phi) is 3.73. The Hall–Kier alpha value is -3.29. The van der Waals surface area contributed by atoms with Gasteiger partial charge in [-0.3, -0.25) is 14.9 Å². The van der Waals surface area contributed by atoms with Crippen molar-refractivity contribution < 1.29 is 9.59 Å². The molecular weight excluding hydrogens is 284 g/mol. The third kappa shape index (κ3) is 2.62. The highest BCUT2D eigenvalue weighted by Crippen LogP contribution is 2.21. The van der Waals surface area contributed by atoms with Crippen LogP contribution in [0.25, 0.3) is 11.2 Å². The molecule has 2 aromatic heterocycles. The summed E-state index contributed by atoms with van der Waals surface area (Å²) < 4.78 is 1.82. The van der Waals surface area contributed by atoms with Crippen LogP contribution in [0.1, 0.15) is 5.56 Å². The molecule has 0 bridgehead atoms. The standard InChI is InChI=1S/C14H12N6O2/c21-8-16-12-11-13(19-14(18-12)17-9-22)20(7-15-11)6-10-4-2-1-3-5-10/h1-5,7-9H,6H2,(H2,16,17,18,19,21,22). The van der Waals surface area contributed by atoms with Crippen LogP contribution in [0.2, 0.25) is 0 Å². The monoisotopic (exact) mass is 296 g/mol. The van der Waals surface area contributed by atoms with Crippen LogP contribution >= 0.6 is 0 Å². The van der Waals surface area contributed by atoms with E-state index < -0.39 is 0 Å². The first-order chi connectivity index (χ1) is 10.8. The molecule has 0 saturated heterocycles. The van der Waals surface area contributed by atoms with Crippen LogP contribution in [0.4, 0.5) is 11.8 Å². The summed E-state index contributed by atoms with van der Waals surface area (Å²) in [4.78, 5) is 33.8. The fourth-order valence-electron chi connectivity index (χ4n) is 2.11. The summed E-state index contributed by atoms with van der Waals surface area (Å²) in [6.45, 7) is 0.565. The normalized spacial score (nSPS) is 10.4. The van der Waals surface area contributed by atoms with Gasteiger partial charge in [0.2, 0.25) is 18.8 Å². The molecule has 0 fully saturated rings. The lowest BCUT2D eigenvalue weighted by atomic mass is 10.2. The minimum atomic E-state index is 0.0988. The molecule has 2 N–H and O–H groups in total. The molecule has 0 aliphatic carbocycles. The van der Waals surface area contributed by atoms with Crippen LogP contribution in [0.15, 0.2) is 36.7 Å². The van der Waals surface area contributed by atoms with E-state index in [1.54, 1.807) is 6.33 Å². The van der Waals surface area contributed by atoms with Crippen molar-refractivity contribution in [1.29, 1.82) is 0 Å². The lowest BCUT2D eigenvalue weighted by molar-refractivity contribution is -0.106. The lowest BCUT2D eigenvalue weighted by Gasteiger charge is -2.06. The van der Waals surface area contributed by atoms with Gasteiger partial charge in [0.1, 0.15) is 0 Å². The van der Waals surface area contributed by atoms with Crippen LogP contribution in [-0.2, 0) is 16.1 Å². The van der Waals surface area contributed by atoms with Crippen molar-refractivity contribution >= 4 is 35.8 Å². The summed E-state index contributed by atoms with van der Waals surface area (Å²) in [7, 11) is 0. The van der Waals surface area contributed by atoms with Crippen LogP contribution in [0.3, 0.4) is 0 Å². The van der Waals surface area contributed by atoms with Gasteiger partial charge in [0.15, 0.2) is 17.0 Å². The number of carbonyl (C=O) groups excluding carboxylic acids is 2. The lowest BCUT2D eigenvalue weighted by Crippen LogP contribution is -2.07. The van der Waals surface area contributed by atoms with E-state index in [1.165, 1.54) is 0 Å². The second-order valence-electron chi connectivity index (χ2n) is 4.45. The van der Waals surface area contributed by atoms with Gasteiger partial charge in [-0.2, -0.15) is 9.97 Å². The maximum absolute atomic E-state index is 10.7. The molecule has 2 heterocycles. The maximum atomic E-state index is 10.7. The molecule has 0 aliphatic rings. The fraction of sp³-hybridized carbons (Fsp3) is 0.0714. The summed E-state index contributed by atoms with van der Waals surface area (Å²) in [5, 5.41) is 4.84. The third-order valence-electron chi connectivity index (χ3n) is 3.04. The zero-order valence-electron chi connectivity index (χ0n) is 11.4. The predicted molar refractivity (Wildman–Crippen MR) is 80.2 cm³/mol. The summed E-state index contributed by atoms with van der Waals surface area (Å²) >= 11 is 0. The Bertz CT molecular complexity index is 815. The molecule has 22 heavy (non-hydrogen) atoms. The molecule has 0 aliphatic heterocycles. The number of rotatable bonds is 6. The van der Waals surface area contributed by atoms with Crippen molar-refractivity contribution in [2.45, 2.75) is 6.54 Å². The van der Waals surface area contributed by atoms with E-state index in [9.17, 15) is 9.59 Å². The van der Waals surface area contributed by atoms with Gasteiger partial charge in [-0.1, -0.05) is 30.3 Å². The average molecular weight is 296 g/mol. The van der Waals surface area contributed by atoms with Gasteiger partial charge in [0.25, 0.3) is 0 Å². The van der Waals surface area contributed by atoms with E-state index in [-0.39, 0.29) is 11.8 Å². The number of fused-ring (bicyclic) bond motifs is 1. The number of benzene rings is 1. The van der Waals surface area contributed by atoms with Crippen molar-refractivity contribution in [1.82, 2.24) is 19.5 Å². The number of hydrogen-bond donors (Lipinski definition) is 2. The highest BCUT2D eigenvalue weighted by molar-refractivity contribution is 5.90. The van der Waals surface area contributed by atoms with Crippen LogP contribution < -0.4 is 10.6 Å². The Morgan fingerprint density at radius 2 is 1.82 bits per heavy atom. The summed E-state index contributed by atoms with van der Waals surface area (Å²) in [6.07, 6.45) is 2.60. The summed E-state index contributed by atoms with van der Waals surface area (Å²) in [5.41, 5.74) is 2.06. The molecule has 0 unspecified atom stereocenters. The van der Waals surface area contributed by atoms with Gasteiger partial charge >= 0.3 is 0 Å². The average Bonchev–Trinajstić information content (AvgIpc) is 2.92. The predicted octanol–water partition coefficient (Wildman–Crippen LogP) is 1.01. The summed E-state index contributed by atoms with van der Waals surface area (Å²) in [5.74, 6) is 0.345. The van der Waals surface area contributed by atoms with Gasteiger partial charge < -0.3 is 9.88 Å². The zero-order valence-corrected chi connectivity index (χ0v) is 11.4. The maximum Gasteiger partial charge on any atom is 0.233 e. The fourth-order valence-corrected chi connectivity index (χ4v) is 2.11. The second-order valence-corrected chi connectivity index (χ2v) is 4.45. The van der Waals surface area contributed by atoms with E-state index in [4.69, 9.17) is 0 Å². The van der Waals surface area contributed by atoms with E-state index in [1.807, 2.05) is 34.9 Å². The Labute approximate surface area is 125 Å². The quantitative estimate of drug-likeness (QED) is 0.661. The highest BCUT2D eigenvalue weighted by Gasteiger charge is 2.13. The number of aromatic nitrogens is 4. The van der Waals surface area contributed by atoms with Crippen molar-refractivity contribution in [3.8, 4) is 0 Å². The molecule has 0 atom stereocenters. The molecule has 1 aromatic carbocycles. The van der Waals surface area contributed by atoms with Crippen molar-refractivity contribution in [2.24, 2.45) is 0 Å². The second kappa shape index (κ2) is 6.00. The summed E-state index contributed by atoms with van der Waals surface area (Å²) in [6, 6.07) is 9.81. The molecule has 3 aromatic rings. The van der Waals surface area contributed by atoms with E-state index in [0.717, 1.165) is 5.56 Å².